The van der Waals surface area contributed by atoms with Crippen molar-refractivity contribution in [2.24, 2.45) is 0 Å². The largest absolute Gasteiger partial charge is 0.508 e. The molecule has 122 valence electrons. The summed E-state index contributed by atoms with van der Waals surface area (Å²) in [7, 11) is 0. The molecule has 23 heavy (non-hydrogen) atoms. The zero-order valence-corrected chi connectivity index (χ0v) is 13.7. The molecule has 1 aliphatic rings. The van der Waals surface area contributed by atoms with E-state index < -0.39 is 0 Å². The minimum Gasteiger partial charge on any atom is -0.508 e. The molecule has 1 aliphatic heterocycles. The number of phenolic OH excluding ortho intramolecular Hbond substituents is 1. The lowest BCUT2D eigenvalue weighted by molar-refractivity contribution is -0.130. The van der Waals surface area contributed by atoms with E-state index in [0.29, 0.717) is 18.9 Å². The summed E-state index contributed by atoms with van der Waals surface area (Å²) in [5.74, 6) is 0.453. The zero-order chi connectivity index (χ0) is 16.4. The number of aromatic hydroxyl groups is 1. The lowest BCUT2D eigenvalue weighted by atomic mass is 10.1. The molecule has 5 nitrogen and oxygen atoms in total. The fraction of sp³-hybridized carbons (Fsp3) is 0.444. The molecule has 1 aromatic carbocycles. The second-order valence-electron chi connectivity index (χ2n) is 6.32. The van der Waals surface area contributed by atoms with Gasteiger partial charge in [-0.1, -0.05) is 12.1 Å². The van der Waals surface area contributed by atoms with E-state index >= 15 is 0 Å². The van der Waals surface area contributed by atoms with Crippen molar-refractivity contribution >= 4 is 5.91 Å². The summed E-state index contributed by atoms with van der Waals surface area (Å²) in [6.07, 6.45) is 2.18. The van der Waals surface area contributed by atoms with Gasteiger partial charge in [-0.15, -0.1) is 0 Å². The van der Waals surface area contributed by atoms with Gasteiger partial charge in [0.05, 0.1) is 11.7 Å². The quantitative estimate of drug-likeness (QED) is 0.944. The van der Waals surface area contributed by atoms with E-state index in [1.807, 2.05) is 24.0 Å². The van der Waals surface area contributed by atoms with Crippen LogP contribution in [0.3, 0.4) is 0 Å². The monoisotopic (exact) mass is 313 g/mol. The van der Waals surface area contributed by atoms with Crippen LogP contribution >= 0.6 is 0 Å². The third-order valence-corrected chi connectivity index (χ3v) is 4.47. The Kier molecular flexibility index (Phi) is 4.37. The summed E-state index contributed by atoms with van der Waals surface area (Å²) in [6.45, 7) is 5.61. The number of phenols is 1. The third kappa shape index (κ3) is 3.55. The number of nitrogens with zero attached hydrogens (tertiary/aromatic N) is 3. The number of aromatic nitrogens is 2. The van der Waals surface area contributed by atoms with Crippen molar-refractivity contribution in [2.75, 3.05) is 13.1 Å². The van der Waals surface area contributed by atoms with E-state index in [0.717, 1.165) is 36.5 Å². The van der Waals surface area contributed by atoms with Gasteiger partial charge in [-0.2, -0.15) is 5.10 Å². The van der Waals surface area contributed by atoms with Crippen molar-refractivity contribution in [1.82, 2.24) is 14.7 Å². The Labute approximate surface area is 136 Å². The molecule has 2 aromatic rings. The van der Waals surface area contributed by atoms with Crippen molar-refractivity contribution < 1.29 is 9.90 Å². The number of amides is 1. The SMILES string of the molecule is Cc1cc(C)n([C@@H]2CCN(C(=O)CCc3ccc(O)cc3)C2)n1. The predicted octanol–water partition coefficient (Wildman–Crippen LogP) is 2.61. The summed E-state index contributed by atoms with van der Waals surface area (Å²) < 4.78 is 2.06. The molecule has 1 amide bonds. The van der Waals surface area contributed by atoms with E-state index in [-0.39, 0.29) is 11.7 Å². The first-order valence-electron chi connectivity index (χ1n) is 8.11. The molecule has 2 heterocycles. The molecule has 5 heteroatoms. The normalized spacial score (nSPS) is 17.7. The number of hydrogen-bond acceptors (Lipinski definition) is 3. The van der Waals surface area contributed by atoms with Crippen LogP contribution in [0.1, 0.15) is 35.8 Å². The van der Waals surface area contributed by atoms with Gasteiger partial charge in [0, 0.05) is 25.2 Å². The molecule has 1 saturated heterocycles. The fourth-order valence-corrected chi connectivity index (χ4v) is 3.26. The average molecular weight is 313 g/mol. The van der Waals surface area contributed by atoms with Gasteiger partial charge in [-0.05, 0) is 50.5 Å². The van der Waals surface area contributed by atoms with Gasteiger partial charge in [-0.25, -0.2) is 0 Å². The topological polar surface area (TPSA) is 58.4 Å². The van der Waals surface area contributed by atoms with E-state index in [4.69, 9.17) is 0 Å². The maximum atomic E-state index is 12.4. The molecule has 1 fully saturated rings. The third-order valence-electron chi connectivity index (χ3n) is 4.47. The first kappa shape index (κ1) is 15.6. The summed E-state index contributed by atoms with van der Waals surface area (Å²) in [5.41, 5.74) is 3.26. The number of rotatable bonds is 4. The van der Waals surface area contributed by atoms with E-state index in [1.54, 1.807) is 12.1 Å². The molecule has 3 rings (SSSR count). The van der Waals surface area contributed by atoms with Crippen LogP contribution in [0.5, 0.6) is 5.75 Å². The number of carbonyl (C=O) groups is 1. The van der Waals surface area contributed by atoms with E-state index in [2.05, 4.69) is 22.8 Å². The maximum absolute atomic E-state index is 12.4. The van der Waals surface area contributed by atoms with Gasteiger partial charge < -0.3 is 10.0 Å². The van der Waals surface area contributed by atoms with Crippen LogP contribution < -0.4 is 0 Å². The summed E-state index contributed by atoms with van der Waals surface area (Å²) in [5, 5.41) is 13.8. The number of benzene rings is 1. The molecule has 0 bridgehead atoms. The minimum atomic E-state index is 0.196. The van der Waals surface area contributed by atoms with E-state index in [9.17, 15) is 9.90 Å². The Morgan fingerprint density at radius 3 is 2.70 bits per heavy atom. The highest BCUT2D eigenvalue weighted by Crippen LogP contribution is 2.24. The highest BCUT2D eigenvalue weighted by molar-refractivity contribution is 5.76. The van der Waals surface area contributed by atoms with Crippen LogP contribution in [0.25, 0.3) is 0 Å². The molecule has 0 radical (unpaired) electrons. The van der Waals surface area contributed by atoms with Crippen LogP contribution in [0.2, 0.25) is 0 Å². The van der Waals surface area contributed by atoms with Crippen LogP contribution in [0, 0.1) is 13.8 Å². The Hall–Kier alpha value is -2.30. The van der Waals surface area contributed by atoms with Gasteiger partial charge in [0.2, 0.25) is 5.91 Å². The van der Waals surface area contributed by atoms with Crippen LogP contribution in [0.15, 0.2) is 30.3 Å². The number of hydrogen-bond donors (Lipinski definition) is 1. The standard InChI is InChI=1S/C18H23N3O2/c1-13-11-14(2)21(19-13)16-9-10-20(12-16)18(23)8-5-15-3-6-17(22)7-4-15/h3-4,6-7,11,16,22H,5,8-10,12H2,1-2H3/t16-/m1/s1. The van der Waals surface area contributed by atoms with Crippen molar-refractivity contribution in [1.29, 1.82) is 0 Å². The molecule has 0 unspecified atom stereocenters. The lowest BCUT2D eigenvalue weighted by Gasteiger charge is -2.17. The van der Waals surface area contributed by atoms with Gasteiger partial charge in [0.1, 0.15) is 5.75 Å². The fourth-order valence-electron chi connectivity index (χ4n) is 3.26. The first-order chi connectivity index (χ1) is 11.0. The maximum Gasteiger partial charge on any atom is 0.222 e. The molecule has 1 atom stereocenters. The van der Waals surface area contributed by atoms with Crippen molar-refractivity contribution in [2.45, 2.75) is 39.2 Å². The zero-order valence-electron chi connectivity index (χ0n) is 13.7. The van der Waals surface area contributed by atoms with Gasteiger partial charge in [0.15, 0.2) is 0 Å². The molecule has 0 aliphatic carbocycles. The second kappa shape index (κ2) is 6.44. The highest BCUT2D eigenvalue weighted by Gasteiger charge is 2.28. The Morgan fingerprint density at radius 1 is 1.30 bits per heavy atom. The van der Waals surface area contributed by atoms with Crippen LogP contribution in [-0.2, 0) is 11.2 Å². The first-order valence-corrected chi connectivity index (χ1v) is 8.11. The lowest BCUT2D eigenvalue weighted by Crippen LogP contribution is -2.29. The Balaban J connectivity index is 1.55. The number of carbonyl (C=O) groups excluding carboxylic acids is 1. The number of aryl methyl sites for hydroxylation is 3. The van der Waals surface area contributed by atoms with Crippen molar-refractivity contribution in [3.05, 3.63) is 47.3 Å². The molecule has 1 aromatic heterocycles. The Morgan fingerprint density at radius 2 is 2.04 bits per heavy atom. The van der Waals surface area contributed by atoms with Gasteiger partial charge in [0.25, 0.3) is 0 Å². The van der Waals surface area contributed by atoms with Gasteiger partial charge in [-0.3, -0.25) is 9.48 Å². The van der Waals surface area contributed by atoms with Crippen LogP contribution in [0.4, 0.5) is 0 Å². The molecule has 0 saturated carbocycles. The Bertz CT molecular complexity index is 691. The number of likely N-dealkylation sites (tertiary alicyclic amines) is 1. The molecular weight excluding hydrogens is 290 g/mol. The minimum absolute atomic E-state index is 0.196. The summed E-state index contributed by atoms with van der Waals surface area (Å²) in [6, 6.07) is 9.43. The summed E-state index contributed by atoms with van der Waals surface area (Å²) in [4.78, 5) is 14.3. The second-order valence-corrected chi connectivity index (χ2v) is 6.32. The van der Waals surface area contributed by atoms with Crippen molar-refractivity contribution in [3.8, 4) is 5.75 Å². The smallest absolute Gasteiger partial charge is 0.222 e. The molecular formula is C18H23N3O2. The molecule has 1 N–H and O–H groups in total. The predicted molar refractivity (Wildman–Crippen MR) is 88.4 cm³/mol. The molecule has 0 spiro atoms. The highest BCUT2D eigenvalue weighted by atomic mass is 16.3. The van der Waals surface area contributed by atoms with E-state index in [1.165, 1.54) is 0 Å². The van der Waals surface area contributed by atoms with Crippen molar-refractivity contribution in [3.63, 3.8) is 0 Å². The van der Waals surface area contributed by atoms with Gasteiger partial charge >= 0.3 is 0 Å². The van der Waals surface area contributed by atoms with Crippen LogP contribution in [-0.4, -0.2) is 38.8 Å². The summed E-state index contributed by atoms with van der Waals surface area (Å²) >= 11 is 0. The average Bonchev–Trinajstić information content (AvgIpc) is 3.13.